The van der Waals surface area contributed by atoms with Crippen LogP contribution >= 0.6 is 23.2 Å². The minimum Gasteiger partial charge on any atom is -0.343 e. The zero-order valence-electron chi connectivity index (χ0n) is 11.5. The number of rotatable bonds is 5. The lowest BCUT2D eigenvalue weighted by Crippen LogP contribution is -2.46. The van der Waals surface area contributed by atoms with Crippen molar-refractivity contribution in [3.63, 3.8) is 0 Å². The molecule has 0 radical (unpaired) electrons. The summed E-state index contributed by atoms with van der Waals surface area (Å²) in [6, 6.07) is 4.94. The van der Waals surface area contributed by atoms with Crippen molar-refractivity contribution in [1.29, 1.82) is 0 Å². The fraction of sp³-hybridized carbons (Fsp3) is 0.429. The standard InChI is InChI=1S/C14H17Cl2N3O2/c15-11-7-12(16)9-13(8-11)17-14(21)1-2-18-3-5-19(10-20)6-4-18/h7-10H,1-6H2,(H,17,21). The molecule has 0 atom stereocenters. The van der Waals surface area contributed by atoms with E-state index in [9.17, 15) is 9.59 Å². The average Bonchev–Trinajstić information content (AvgIpc) is 2.44. The van der Waals surface area contributed by atoms with Crippen molar-refractivity contribution < 1.29 is 9.59 Å². The molecule has 114 valence electrons. The maximum atomic E-state index is 11.9. The number of piperazine rings is 1. The van der Waals surface area contributed by atoms with Gasteiger partial charge in [0, 0.05) is 54.9 Å². The third kappa shape index (κ3) is 5.19. The topological polar surface area (TPSA) is 52.7 Å². The molecule has 2 rings (SSSR count). The number of hydrogen-bond acceptors (Lipinski definition) is 3. The Morgan fingerprint density at radius 1 is 1.14 bits per heavy atom. The molecule has 2 amide bonds. The Bertz CT molecular complexity index is 497. The fourth-order valence-corrected chi connectivity index (χ4v) is 2.73. The van der Waals surface area contributed by atoms with Crippen molar-refractivity contribution in [2.75, 3.05) is 38.0 Å². The summed E-state index contributed by atoms with van der Waals surface area (Å²) in [4.78, 5) is 26.4. The van der Waals surface area contributed by atoms with E-state index < -0.39 is 0 Å². The van der Waals surface area contributed by atoms with Crippen LogP contribution in [0.3, 0.4) is 0 Å². The highest BCUT2D eigenvalue weighted by atomic mass is 35.5. The van der Waals surface area contributed by atoms with Crippen LogP contribution < -0.4 is 5.32 Å². The molecule has 1 aromatic rings. The van der Waals surface area contributed by atoms with Gasteiger partial charge in [-0.15, -0.1) is 0 Å². The van der Waals surface area contributed by atoms with Gasteiger partial charge >= 0.3 is 0 Å². The van der Waals surface area contributed by atoms with Gasteiger partial charge in [0.2, 0.25) is 12.3 Å². The predicted octanol–water partition coefficient (Wildman–Crippen LogP) is 2.10. The van der Waals surface area contributed by atoms with E-state index in [0.29, 0.717) is 28.7 Å². The Labute approximate surface area is 133 Å². The normalized spacial score (nSPS) is 15.8. The number of nitrogens with zero attached hydrogens (tertiary/aromatic N) is 2. The van der Waals surface area contributed by atoms with Gasteiger partial charge in [0.05, 0.1) is 0 Å². The second-order valence-electron chi connectivity index (χ2n) is 4.94. The van der Waals surface area contributed by atoms with Gasteiger partial charge in [-0.1, -0.05) is 23.2 Å². The Morgan fingerprint density at radius 3 is 2.33 bits per heavy atom. The highest BCUT2D eigenvalue weighted by molar-refractivity contribution is 6.35. The second kappa shape index (κ2) is 7.64. The largest absolute Gasteiger partial charge is 0.343 e. The number of nitrogens with one attached hydrogen (secondary N) is 1. The van der Waals surface area contributed by atoms with Crippen LogP contribution in [-0.2, 0) is 9.59 Å². The fourth-order valence-electron chi connectivity index (χ4n) is 2.20. The minimum atomic E-state index is -0.0776. The lowest BCUT2D eigenvalue weighted by Gasteiger charge is -2.32. The Balaban J connectivity index is 1.76. The Morgan fingerprint density at radius 2 is 1.76 bits per heavy atom. The van der Waals surface area contributed by atoms with Gasteiger partial charge in [-0.2, -0.15) is 0 Å². The molecule has 1 heterocycles. The van der Waals surface area contributed by atoms with Gasteiger partial charge in [0.25, 0.3) is 0 Å². The lowest BCUT2D eigenvalue weighted by atomic mass is 10.2. The third-order valence-corrected chi connectivity index (χ3v) is 3.79. The quantitative estimate of drug-likeness (QED) is 0.841. The van der Waals surface area contributed by atoms with Crippen LogP contribution in [0.4, 0.5) is 5.69 Å². The van der Waals surface area contributed by atoms with Crippen LogP contribution in [0.15, 0.2) is 18.2 Å². The van der Waals surface area contributed by atoms with Gasteiger partial charge in [0.15, 0.2) is 0 Å². The number of anilines is 1. The van der Waals surface area contributed by atoms with E-state index >= 15 is 0 Å². The average molecular weight is 330 g/mol. The maximum absolute atomic E-state index is 11.9. The molecule has 1 aromatic carbocycles. The molecule has 0 bridgehead atoms. The van der Waals surface area contributed by atoms with Crippen LogP contribution in [0.5, 0.6) is 0 Å². The maximum Gasteiger partial charge on any atom is 0.225 e. The minimum absolute atomic E-state index is 0.0776. The number of halogens is 2. The lowest BCUT2D eigenvalue weighted by molar-refractivity contribution is -0.120. The third-order valence-electron chi connectivity index (χ3n) is 3.36. The van der Waals surface area contributed by atoms with E-state index in [0.717, 1.165) is 32.6 Å². The highest BCUT2D eigenvalue weighted by Crippen LogP contribution is 2.22. The molecule has 0 spiro atoms. The molecule has 21 heavy (non-hydrogen) atoms. The van der Waals surface area contributed by atoms with Crippen molar-refractivity contribution >= 4 is 41.2 Å². The number of amides is 2. The van der Waals surface area contributed by atoms with Gasteiger partial charge < -0.3 is 10.2 Å². The number of carbonyl (C=O) groups is 2. The molecular formula is C14H17Cl2N3O2. The van der Waals surface area contributed by atoms with E-state index in [1.165, 1.54) is 0 Å². The molecule has 1 N–H and O–H groups in total. The van der Waals surface area contributed by atoms with Gasteiger partial charge in [-0.05, 0) is 18.2 Å². The second-order valence-corrected chi connectivity index (χ2v) is 5.81. The van der Waals surface area contributed by atoms with Gasteiger partial charge in [-0.3, -0.25) is 14.5 Å². The predicted molar refractivity (Wildman–Crippen MR) is 83.8 cm³/mol. The Kier molecular flexibility index (Phi) is 5.85. The van der Waals surface area contributed by atoms with Gasteiger partial charge in [-0.25, -0.2) is 0 Å². The summed E-state index contributed by atoms with van der Waals surface area (Å²) < 4.78 is 0. The summed E-state index contributed by atoms with van der Waals surface area (Å²) >= 11 is 11.8. The smallest absolute Gasteiger partial charge is 0.225 e. The molecule has 0 aromatic heterocycles. The molecule has 0 unspecified atom stereocenters. The molecule has 1 aliphatic heterocycles. The summed E-state index contributed by atoms with van der Waals surface area (Å²) in [6.07, 6.45) is 1.26. The summed E-state index contributed by atoms with van der Waals surface area (Å²) in [6.45, 7) is 3.71. The van der Waals surface area contributed by atoms with E-state index in [4.69, 9.17) is 23.2 Å². The van der Waals surface area contributed by atoms with E-state index in [2.05, 4.69) is 10.2 Å². The molecule has 1 fully saturated rings. The van der Waals surface area contributed by atoms with Crippen molar-refractivity contribution in [2.45, 2.75) is 6.42 Å². The first-order valence-electron chi connectivity index (χ1n) is 6.74. The van der Waals surface area contributed by atoms with Crippen LogP contribution in [0, 0.1) is 0 Å². The Hall–Kier alpha value is -1.30. The SMILES string of the molecule is O=CN1CCN(CCC(=O)Nc2cc(Cl)cc(Cl)c2)CC1. The molecule has 7 heteroatoms. The zero-order chi connectivity index (χ0) is 15.2. The van der Waals surface area contributed by atoms with Crippen molar-refractivity contribution in [3.05, 3.63) is 28.2 Å². The summed E-state index contributed by atoms with van der Waals surface area (Å²) in [5.74, 6) is -0.0776. The van der Waals surface area contributed by atoms with E-state index in [1.54, 1.807) is 23.1 Å². The first-order valence-corrected chi connectivity index (χ1v) is 7.50. The summed E-state index contributed by atoms with van der Waals surface area (Å²) in [7, 11) is 0. The first-order chi connectivity index (χ1) is 10.1. The van der Waals surface area contributed by atoms with Crippen LogP contribution in [0.2, 0.25) is 10.0 Å². The molecule has 0 aliphatic carbocycles. The van der Waals surface area contributed by atoms with Crippen molar-refractivity contribution in [1.82, 2.24) is 9.80 Å². The number of hydrogen-bond donors (Lipinski definition) is 1. The van der Waals surface area contributed by atoms with Crippen molar-refractivity contribution in [3.8, 4) is 0 Å². The first kappa shape index (κ1) is 16.1. The van der Waals surface area contributed by atoms with Crippen LogP contribution in [0.1, 0.15) is 6.42 Å². The monoisotopic (exact) mass is 329 g/mol. The molecular weight excluding hydrogens is 313 g/mol. The summed E-state index contributed by atoms with van der Waals surface area (Å²) in [5.41, 5.74) is 0.600. The van der Waals surface area contributed by atoms with E-state index in [1.807, 2.05) is 0 Å². The number of benzene rings is 1. The molecule has 1 saturated heterocycles. The summed E-state index contributed by atoms with van der Waals surface area (Å²) in [5, 5.41) is 3.76. The molecule has 0 saturated carbocycles. The van der Waals surface area contributed by atoms with E-state index in [-0.39, 0.29) is 5.91 Å². The van der Waals surface area contributed by atoms with Crippen LogP contribution in [0.25, 0.3) is 0 Å². The van der Waals surface area contributed by atoms with Crippen LogP contribution in [-0.4, -0.2) is 54.8 Å². The van der Waals surface area contributed by atoms with Gasteiger partial charge in [0.1, 0.15) is 0 Å². The molecule has 5 nitrogen and oxygen atoms in total. The van der Waals surface area contributed by atoms with Crippen molar-refractivity contribution in [2.24, 2.45) is 0 Å². The zero-order valence-corrected chi connectivity index (χ0v) is 13.0. The number of carbonyl (C=O) groups excluding carboxylic acids is 2. The molecule has 1 aliphatic rings. The highest BCUT2D eigenvalue weighted by Gasteiger charge is 2.16.